The standard InChI is InChI=1S/C32H59N3O10/c1-14-33(20-24(36)42-29(2,3)4)15-16-34(21-25(37)43-30(5,6)7)17-18-35(22-26(38)44-31(8,9)10)19-23(27(39)40)28(41)45-32(11,12)13/h23H,14-22H2,1-13H3,(H,39,40). The van der Waals surface area contributed by atoms with Gasteiger partial charge in [-0.2, -0.15) is 0 Å². The Morgan fingerprint density at radius 3 is 1.18 bits per heavy atom. The number of ether oxygens (including phenoxy) is 4. The summed E-state index contributed by atoms with van der Waals surface area (Å²) in [5, 5.41) is 9.87. The number of esters is 4. The highest BCUT2D eigenvalue weighted by atomic mass is 16.6. The second-order valence-electron chi connectivity index (χ2n) is 15.1. The third-order valence-electron chi connectivity index (χ3n) is 5.66. The summed E-state index contributed by atoms with van der Waals surface area (Å²) in [6.45, 7) is 23.7. The molecule has 13 heteroatoms. The monoisotopic (exact) mass is 645 g/mol. The van der Waals surface area contributed by atoms with Gasteiger partial charge in [0.15, 0.2) is 5.92 Å². The van der Waals surface area contributed by atoms with Crippen molar-refractivity contribution in [2.75, 3.05) is 58.9 Å². The Bertz CT molecular complexity index is 987. The number of rotatable bonds is 17. The SMILES string of the molecule is CCN(CCN(CCN(CC(=O)OC(C)(C)C)CC(C(=O)O)C(=O)OC(C)(C)C)CC(=O)OC(C)(C)C)CC(=O)OC(C)(C)C. The van der Waals surface area contributed by atoms with Crippen molar-refractivity contribution in [1.82, 2.24) is 14.7 Å². The normalized spacial score (nSPS) is 13.5. The first-order chi connectivity index (χ1) is 20.2. The molecule has 0 radical (unpaired) electrons. The molecule has 0 saturated heterocycles. The van der Waals surface area contributed by atoms with E-state index in [9.17, 15) is 29.1 Å². The van der Waals surface area contributed by atoms with Crippen molar-refractivity contribution in [2.24, 2.45) is 5.92 Å². The molecule has 0 fully saturated rings. The van der Waals surface area contributed by atoms with E-state index < -0.39 is 52.2 Å². The van der Waals surface area contributed by atoms with Crippen LogP contribution in [0.3, 0.4) is 0 Å². The van der Waals surface area contributed by atoms with E-state index >= 15 is 0 Å². The van der Waals surface area contributed by atoms with Gasteiger partial charge in [-0.25, -0.2) is 0 Å². The molecule has 0 spiro atoms. The summed E-state index contributed by atoms with van der Waals surface area (Å²) in [7, 11) is 0. The van der Waals surface area contributed by atoms with E-state index in [1.165, 1.54) is 4.90 Å². The lowest BCUT2D eigenvalue weighted by Gasteiger charge is -2.31. The quantitative estimate of drug-likeness (QED) is 0.140. The molecule has 0 heterocycles. The Morgan fingerprint density at radius 1 is 0.533 bits per heavy atom. The Balaban J connectivity index is 6.01. The van der Waals surface area contributed by atoms with Crippen LogP contribution in [-0.2, 0) is 42.9 Å². The van der Waals surface area contributed by atoms with E-state index in [1.807, 2.05) is 11.8 Å². The number of hydrogen-bond acceptors (Lipinski definition) is 12. The van der Waals surface area contributed by atoms with Crippen LogP contribution in [0.2, 0.25) is 0 Å². The van der Waals surface area contributed by atoms with Crippen molar-refractivity contribution in [3.63, 3.8) is 0 Å². The van der Waals surface area contributed by atoms with E-state index in [4.69, 9.17) is 18.9 Å². The van der Waals surface area contributed by atoms with Gasteiger partial charge < -0.3 is 24.1 Å². The molecule has 0 rings (SSSR count). The van der Waals surface area contributed by atoms with E-state index in [1.54, 1.807) is 88.0 Å². The molecule has 13 nitrogen and oxygen atoms in total. The molecule has 1 atom stereocenters. The first-order valence-corrected chi connectivity index (χ1v) is 15.5. The van der Waals surface area contributed by atoms with Gasteiger partial charge in [0.2, 0.25) is 0 Å². The molecule has 0 aromatic heterocycles. The molecule has 0 saturated carbocycles. The summed E-state index contributed by atoms with van der Waals surface area (Å²) in [6.07, 6.45) is 0. The minimum atomic E-state index is -1.56. The maximum absolute atomic E-state index is 12.8. The topological polar surface area (TPSA) is 152 Å². The zero-order chi connectivity index (χ0) is 35.4. The third-order valence-corrected chi connectivity index (χ3v) is 5.66. The van der Waals surface area contributed by atoms with Crippen LogP contribution in [0.1, 0.15) is 90.0 Å². The molecule has 45 heavy (non-hydrogen) atoms. The van der Waals surface area contributed by atoms with Gasteiger partial charge in [-0.05, 0) is 89.6 Å². The lowest BCUT2D eigenvalue weighted by atomic mass is 10.1. The molecule has 1 unspecified atom stereocenters. The maximum atomic E-state index is 12.8. The van der Waals surface area contributed by atoms with E-state index in [0.29, 0.717) is 19.6 Å². The maximum Gasteiger partial charge on any atom is 0.322 e. The lowest BCUT2D eigenvalue weighted by molar-refractivity contribution is -0.169. The number of aliphatic carboxylic acids is 1. The van der Waals surface area contributed by atoms with Gasteiger partial charge in [-0.1, -0.05) is 6.92 Å². The summed E-state index contributed by atoms with van der Waals surface area (Å²) in [5.74, 6) is -5.29. The average molecular weight is 646 g/mol. The number of hydrogen-bond donors (Lipinski definition) is 1. The minimum Gasteiger partial charge on any atom is -0.481 e. The highest BCUT2D eigenvalue weighted by Gasteiger charge is 2.34. The van der Waals surface area contributed by atoms with Crippen molar-refractivity contribution >= 4 is 29.8 Å². The van der Waals surface area contributed by atoms with Gasteiger partial charge in [0, 0.05) is 32.7 Å². The lowest BCUT2D eigenvalue weighted by Crippen LogP contribution is -2.48. The van der Waals surface area contributed by atoms with Crippen molar-refractivity contribution in [3.8, 4) is 0 Å². The van der Waals surface area contributed by atoms with Crippen LogP contribution in [0.25, 0.3) is 0 Å². The summed E-state index contributed by atoms with van der Waals surface area (Å²) in [6, 6.07) is 0. The minimum absolute atomic E-state index is 0.0645. The fraction of sp³-hybridized carbons (Fsp3) is 0.844. The van der Waals surface area contributed by atoms with E-state index in [0.717, 1.165) is 0 Å². The van der Waals surface area contributed by atoms with Crippen LogP contribution in [0, 0.1) is 5.92 Å². The highest BCUT2D eigenvalue weighted by molar-refractivity contribution is 5.94. The van der Waals surface area contributed by atoms with Crippen molar-refractivity contribution < 1.29 is 48.0 Å². The number of carbonyl (C=O) groups excluding carboxylic acids is 4. The van der Waals surface area contributed by atoms with Gasteiger partial charge >= 0.3 is 29.8 Å². The Morgan fingerprint density at radius 2 is 0.844 bits per heavy atom. The van der Waals surface area contributed by atoms with Crippen LogP contribution < -0.4 is 0 Å². The Hall–Kier alpha value is -2.77. The number of carboxylic acid groups (broad SMARTS) is 1. The van der Waals surface area contributed by atoms with E-state index in [-0.39, 0.29) is 45.2 Å². The summed E-state index contributed by atoms with van der Waals surface area (Å²) >= 11 is 0. The van der Waals surface area contributed by atoms with Gasteiger partial charge in [0.05, 0.1) is 19.6 Å². The van der Waals surface area contributed by atoms with Gasteiger partial charge in [-0.3, -0.25) is 38.7 Å². The Kier molecular flexibility index (Phi) is 16.7. The number of carbonyl (C=O) groups is 5. The Labute approximate surface area is 269 Å². The molecule has 0 aromatic rings. The van der Waals surface area contributed by atoms with Gasteiger partial charge in [0.25, 0.3) is 0 Å². The molecule has 0 aliphatic heterocycles. The molecule has 0 aliphatic rings. The van der Waals surface area contributed by atoms with E-state index in [2.05, 4.69) is 0 Å². The molecule has 0 amide bonds. The predicted molar refractivity (Wildman–Crippen MR) is 169 cm³/mol. The fourth-order valence-electron chi connectivity index (χ4n) is 3.97. The highest BCUT2D eigenvalue weighted by Crippen LogP contribution is 2.15. The molecule has 1 N–H and O–H groups in total. The predicted octanol–water partition coefficient (Wildman–Crippen LogP) is 2.98. The number of carboxylic acids is 1. The molecule has 262 valence electrons. The van der Waals surface area contributed by atoms with Crippen molar-refractivity contribution in [3.05, 3.63) is 0 Å². The summed E-state index contributed by atoms with van der Waals surface area (Å²) in [5.41, 5.74) is -3.01. The molecular weight excluding hydrogens is 586 g/mol. The fourth-order valence-corrected chi connectivity index (χ4v) is 3.97. The molecule has 0 aliphatic carbocycles. The molecule has 0 aromatic carbocycles. The van der Waals surface area contributed by atoms with Crippen LogP contribution in [0.5, 0.6) is 0 Å². The second-order valence-corrected chi connectivity index (χ2v) is 15.1. The first kappa shape index (κ1) is 42.2. The second kappa shape index (κ2) is 17.8. The van der Waals surface area contributed by atoms with Crippen molar-refractivity contribution in [1.29, 1.82) is 0 Å². The largest absolute Gasteiger partial charge is 0.481 e. The van der Waals surface area contributed by atoms with Crippen LogP contribution >= 0.6 is 0 Å². The first-order valence-electron chi connectivity index (χ1n) is 15.5. The molecular formula is C32H59N3O10. The third kappa shape index (κ3) is 22.4. The van der Waals surface area contributed by atoms with Gasteiger partial charge in [-0.15, -0.1) is 0 Å². The number of nitrogens with zero attached hydrogens (tertiary/aromatic N) is 3. The van der Waals surface area contributed by atoms with Crippen LogP contribution in [0.4, 0.5) is 0 Å². The summed E-state index contributed by atoms with van der Waals surface area (Å²) < 4.78 is 21.8. The van der Waals surface area contributed by atoms with Crippen LogP contribution in [-0.4, -0.2) is 131 Å². The smallest absolute Gasteiger partial charge is 0.322 e. The number of likely N-dealkylation sites (N-methyl/N-ethyl adjacent to an activating group) is 1. The molecule has 0 bridgehead atoms. The zero-order valence-electron chi connectivity index (χ0n) is 29.9. The van der Waals surface area contributed by atoms with Crippen LogP contribution in [0.15, 0.2) is 0 Å². The van der Waals surface area contributed by atoms with Gasteiger partial charge in [0.1, 0.15) is 22.4 Å². The zero-order valence-corrected chi connectivity index (χ0v) is 29.9. The summed E-state index contributed by atoms with van der Waals surface area (Å²) in [4.78, 5) is 68.1. The van der Waals surface area contributed by atoms with Crippen molar-refractivity contribution in [2.45, 2.75) is 112 Å². The average Bonchev–Trinajstić information content (AvgIpc) is 2.77.